The van der Waals surface area contributed by atoms with Crippen LogP contribution in [0.5, 0.6) is 17.2 Å². The molecule has 0 aliphatic rings. The maximum Gasteiger partial charge on any atom is 0.160 e. The Hall–Kier alpha value is -2.64. The Morgan fingerprint density at radius 1 is 0.839 bits per heavy atom. The van der Waals surface area contributed by atoms with E-state index in [0.29, 0.717) is 0 Å². The first-order chi connectivity index (χ1) is 14.8. The van der Waals surface area contributed by atoms with Gasteiger partial charge in [0.1, 0.15) is 5.75 Å². The van der Waals surface area contributed by atoms with Crippen LogP contribution in [0.4, 0.5) is 0 Å². The summed E-state index contributed by atoms with van der Waals surface area (Å²) in [6.07, 6.45) is 3.02. The van der Waals surface area contributed by atoms with Gasteiger partial charge in [-0.15, -0.1) is 0 Å². The predicted octanol–water partition coefficient (Wildman–Crippen LogP) is 5.22. The molecule has 2 aromatic rings. The Morgan fingerprint density at radius 2 is 1.58 bits per heavy atom. The van der Waals surface area contributed by atoms with E-state index in [2.05, 4.69) is 68.8 Å². The van der Waals surface area contributed by atoms with Gasteiger partial charge in [0.15, 0.2) is 11.5 Å². The van der Waals surface area contributed by atoms with Crippen molar-refractivity contribution in [3.63, 3.8) is 0 Å². The van der Waals surface area contributed by atoms with Crippen molar-refractivity contribution in [3.05, 3.63) is 53.1 Å². The van der Waals surface area contributed by atoms with Gasteiger partial charge in [-0.3, -0.25) is 0 Å². The van der Waals surface area contributed by atoms with Gasteiger partial charge in [0.05, 0.1) is 21.3 Å². The Morgan fingerprint density at radius 3 is 2.23 bits per heavy atom. The minimum Gasteiger partial charge on any atom is -0.497 e. The van der Waals surface area contributed by atoms with E-state index in [1.54, 1.807) is 21.3 Å². The molecule has 31 heavy (non-hydrogen) atoms. The van der Waals surface area contributed by atoms with E-state index in [1.807, 2.05) is 12.1 Å². The summed E-state index contributed by atoms with van der Waals surface area (Å²) in [5, 5.41) is 0. The van der Waals surface area contributed by atoms with Crippen LogP contribution in [0.2, 0.25) is 0 Å². The van der Waals surface area contributed by atoms with Crippen LogP contribution in [0.1, 0.15) is 43.9 Å². The van der Waals surface area contributed by atoms with E-state index < -0.39 is 0 Å². The lowest BCUT2D eigenvalue weighted by molar-refractivity contribution is 0.332. The van der Waals surface area contributed by atoms with E-state index in [0.717, 1.165) is 55.2 Å². The maximum absolute atomic E-state index is 5.43. The molecule has 0 unspecified atom stereocenters. The van der Waals surface area contributed by atoms with Crippen LogP contribution >= 0.6 is 0 Å². The van der Waals surface area contributed by atoms with Crippen LogP contribution in [0.15, 0.2) is 36.4 Å². The van der Waals surface area contributed by atoms with E-state index in [-0.39, 0.29) is 5.41 Å². The molecule has 0 aliphatic heterocycles. The Kier molecular flexibility index (Phi) is 9.27. The van der Waals surface area contributed by atoms with Crippen molar-refractivity contribution in [3.8, 4) is 29.1 Å². The van der Waals surface area contributed by atoms with Crippen LogP contribution in [-0.4, -0.2) is 46.4 Å². The van der Waals surface area contributed by atoms with E-state index in [9.17, 15) is 0 Å². The highest BCUT2D eigenvalue weighted by molar-refractivity contribution is 5.46. The average Bonchev–Trinajstić information content (AvgIpc) is 2.75. The fourth-order valence-electron chi connectivity index (χ4n) is 3.29. The highest BCUT2D eigenvalue weighted by Gasteiger charge is 2.08. The molecule has 168 valence electrons. The standard InChI is InChI=1S/C27H37NO3/c1-27(2,3)16-14-22-11-12-24(29-5)20-23(22)9-8-17-28(4)18-15-21-10-13-25(30-6)26(19-21)31-7/h10-13,19-20H,8-9,15,17-18H2,1-7H3. The summed E-state index contributed by atoms with van der Waals surface area (Å²) in [6, 6.07) is 12.3. The minimum atomic E-state index is -0.0123. The van der Waals surface area contributed by atoms with Crippen molar-refractivity contribution < 1.29 is 14.2 Å². The number of likely N-dealkylation sites (N-methyl/N-ethyl adjacent to an activating group) is 1. The first kappa shape index (κ1) is 24.6. The number of rotatable bonds is 10. The summed E-state index contributed by atoms with van der Waals surface area (Å²) >= 11 is 0. The third kappa shape index (κ3) is 8.19. The molecule has 0 bridgehead atoms. The van der Waals surface area contributed by atoms with Gasteiger partial charge in [-0.1, -0.05) is 17.9 Å². The van der Waals surface area contributed by atoms with Crippen LogP contribution in [0.25, 0.3) is 0 Å². The van der Waals surface area contributed by atoms with Gasteiger partial charge >= 0.3 is 0 Å². The Labute approximate surface area is 188 Å². The summed E-state index contributed by atoms with van der Waals surface area (Å²) < 4.78 is 16.2. The largest absolute Gasteiger partial charge is 0.497 e. The molecule has 4 heteroatoms. The number of hydrogen-bond donors (Lipinski definition) is 0. The summed E-state index contributed by atoms with van der Waals surface area (Å²) in [7, 11) is 7.22. The SMILES string of the molecule is COc1ccc(C#CC(C)(C)C)c(CCCN(C)CCc2ccc(OC)c(OC)c2)c1. The fraction of sp³-hybridized carbons (Fsp3) is 0.481. The van der Waals surface area contributed by atoms with E-state index >= 15 is 0 Å². The molecule has 4 nitrogen and oxygen atoms in total. The van der Waals surface area contributed by atoms with Gasteiger partial charge in [-0.25, -0.2) is 0 Å². The molecule has 0 N–H and O–H groups in total. The van der Waals surface area contributed by atoms with Crippen molar-refractivity contribution in [1.82, 2.24) is 4.90 Å². The minimum absolute atomic E-state index is 0.0123. The lowest BCUT2D eigenvalue weighted by atomic mass is 9.96. The quantitative estimate of drug-likeness (QED) is 0.491. The number of ether oxygens (including phenoxy) is 3. The molecule has 0 fully saturated rings. The van der Waals surface area contributed by atoms with Gasteiger partial charge in [0.25, 0.3) is 0 Å². The summed E-state index contributed by atoms with van der Waals surface area (Å²) in [5.41, 5.74) is 3.59. The molecule has 0 spiro atoms. The molecule has 0 heterocycles. The van der Waals surface area contributed by atoms with E-state index in [4.69, 9.17) is 14.2 Å². The van der Waals surface area contributed by atoms with Crippen LogP contribution in [0, 0.1) is 17.3 Å². The van der Waals surface area contributed by atoms with Crippen molar-refractivity contribution in [2.45, 2.75) is 40.0 Å². The molecular weight excluding hydrogens is 386 g/mol. The second kappa shape index (κ2) is 11.7. The lowest BCUT2D eigenvalue weighted by Gasteiger charge is -2.17. The number of hydrogen-bond acceptors (Lipinski definition) is 4. The van der Waals surface area contributed by atoms with Gasteiger partial charge < -0.3 is 19.1 Å². The highest BCUT2D eigenvalue weighted by atomic mass is 16.5. The van der Waals surface area contributed by atoms with Gasteiger partial charge in [0, 0.05) is 17.5 Å². The second-order valence-electron chi connectivity index (χ2n) is 8.87. The van der Waals surface area contributed by atoms with Gasteiger partial charge in [-0.05, 0) is 95.1 Å². The lowest BCUT2D eigenvalue weighted by Crippen LogP contribution is -2.23. The fourth-order valence-corrected chi connectivity index (χ4v) is 3.29. The Bertz CT molecular complexity index is 903. The van der Waals surface area contributed by atoms with Crippen molar-refractivity contribution in [2.75, 3.05) is 41.5 Å². The summed E-state index contributed by atoms with van der Waals surface area (Å²) in [5.74, 6) is 9.16. The van der Waals surface area contributed by atoms with Gasteiger partial charge in [0.2, 0.25) is 0 Å². The second-order valence-corrected chi connectivity index (χ2v) is 8.87. The molecular formula is C27H37NO3. The van der Waals surface area contributed by atoms with Crippen molar-refractivity contribution >= 4 is 0 Å². The molecule has 0 saturated heterocycles. The topological polar surface area (TPSA) is 30.9 Å². The third-order valence-electron chi connectivity index (χ3n) is 5.10. The number of methoxy groups -OCH3 is 3. The Balaban J connectivity index is 1.93. The number of aryl methyl sites for hydroxylation is 1. The molecule has 0 aromatic heterocycles. The zero-order chi connectivity index (χ0) is 22.9. The summed E-state index contributed by atoms with van der Waals surface area (Å²) in [4.78, 5) is 2.37. The molecule has 0 radical (unpaired) electrons. The molecule has 0 amide bonds. The van der Waals surface area contributed by atoms with E-state index in [1.165, 1.54) is 11.1 Å². The smallest absolute Gasteiger partial charge is 0.160 e. The third-order valence-corrected chi connectivity index (χ3v) is 5.10. The first-order valence-electron chi connectivity index (χ1n) is 10.8. The number of nitrogens with zero attached hydrogens (tertiary/aromatic N) is 1. The first-order valence-corrected chi connectivity index (χ1v) is 10.8. The zero-order valence-electron chi connectivity index (χ0n) is 20.2. The van der Waals surface area contributed by atoms with Crippen LogP contribution in [0.3, 0.4) is 0 Å². The molecule has 2 rings (SSSR count). The monoisotopic (exact) mass is 423 g/mol. The van der Waals surface area contributed by atoms with Crippen LogP contribution < -0.4 is 14.2 Å². The molecule has 2 aromatic carbocycles. The molecule has 0 saturated carbocycles. The average molecular weight is 424 g/mol. The predicted molar refractivity (Wildman–Crippen MR) is 128 cm³/mol. The normalized spacial score (nSPS) is 11.1. The zero-order valence-corrected chi connectivity index (χ0v) is 20.2. The molecule has 0 atom stereocenters. The number of benzene rings is 2. The summed E-state index contributed by atoms with van der Waals surface area (Å²) in [6.45, 7) is 8.42. The van der Waals surface area contributed by atoms with Crippen molar-refractivity contribution in [2.24, 2.45) is 5.41 Å². The maximum atomic E-state index is 5.43. The van der Waals surface area contributed by atoms with Gasteiger partial charge in [-0.2, -0.15) is 0 Å². The van der Waals surface area contributed by atoms with Crippen LogP contribution in [-0.2, 0) is 12.8 Å². The highest BCUT2D eigenvalue weighted by Crippen LogP contribution is 2.27. The van der Waals surface area contributed by atoms with Crippen molar-refractivity contribution in [1.29, 1.82) is 0 Å². The molecule has 0 aliphatic carbocycles.